The van der Waals surface area contributed by atoms with Crippen LogP contribution in [0.1, 0.15) is 16.1 Å². The van der Waals surface area contributed by atoms with Crippen LogP contribution in [-0.4, -0.2) is 57.7 Å². The van der Waals surface area contributed by atoms with Gasteiger partial charge in [0, 0.05) is 25.8 Å². The first-order chi connectivity index (χ1) is 9.58. The molecule has 0 bridgehead atoms. The fourth-order valence-corrected chi connectivity index (χ4v) is 1.67. The van der Waals surface area contributed by atoms with Crippen LogP contribution in [0.3, 0.4) is 0 Å². The highest BCUT2D eigenvalue weighted by Gasteiger charge is 2.17. The van der Waals surface area contributed by atoms with Crippen molar-refractivity contribution in [1.82, 2.24) is 10.2 Å². The molecular formula is C13H20N2O5. The molecule has 1 rings (SSSR count). The number of carbonyl (C=O) groups is 2. The average molecular weight is 284 g/mol. The third-order valence-electron chi connectivity index (χ3n) is 2.60. The van der Waals surface area contributed by atoms with Gasteiger partial charge in [0.1, 0.15) is 0 Å². The monoisotopic (exact) mass is 284 g/mol. The number of likely N-dealkylation sites (N-methyl/N-ethyl adjacent to an activating group) is 1. The molecule has 7 heteroatoms. The molecule has 112 valence electrons. The second-order valence-corrected chi connectivity index (χ2v) is 4.28. The van der Waals surface area contributed by atoms with E-state index in [4.69, 9.17) is 9.15 Å². The summed E-state index contributed by atoms with van der Waals surface area (Å²) >= 11 is 0. The van der Waals surface area contributed by atoms with E-state index < -0.39 is 5.97 Å². The number of amides is 1. The molecule has 7 nitrogen and oxygen atoms in total. The maximum Gasteiger partial charge on any atom is 0.374 e. The van der Waals surface area contributed by atoms with Crippen molar-refractivity contribution >= 4 is 11.9 Å². The van der Waals surface area contributed by atoms with Crippen LogP contribution in [-0.2, 0) is 20.8 Å². The van der Waals surface area contributed by atoms with Crippen molar-refractivity contribution in [3.8, 4) is 0 Å². The lowest BCUT2D eigenvalue weighted by molar-refractivity contribution is -0.122. The fourth-order valence-electron chi connectivity index (χ4n) is 1.67. The summed E-state index contributed by atoms with van der Waals surface area (Å²) in [4.78, 5) is 24.8. The molecule has 0 aliphatic heterocycles. The van der Waals surface area contributed by atoms with E-state index in [1.165, 1.54) is 13.4 Å². The number of carbonyl (C=O) groups excluding carboxylic acids is 2. The van der Waals surface area contributed by atoms with Gasteiger partial charge in [0.05, 0.1) is 26.5 Å². The molecule has 0 aromatic carbocycles. The Morgan fingerprint density at radius 1 is 1.40 bits per heavy atom. The fraction of sp³-hybridized carbons (Fsp3) is 0.538. The van der Waals surface area contributed by atoms with Crippen molar-refractivity contribution in [3.63, 3.8) is 0 Å². The lowest BCUT2D eigenvalue weighted by Crippen LogP contribution is -2.36. The predicted octanol–water partition coefficient (Wildman–Crippen LogP) is 0.261. The van der Waals surface area contributed by atoms with Crippen LogP contribution in [0.15, 0.2) is 16.7 Å². The second kappa shape index (κ2) is 8.34. The number of nitrogens with one attached hydrogen (secondary N) is 1. The smallest absolute Gasteiger partial charge is 0.374 e. The summed E-state index contributed by atoms with van der Waals surface area (Å²) in [7, 11) is 4.65. The molecule has 1 aromatic rings. The summed E-state index contributed by atoms with van der Waals surface area (Å²) in [5.41, 5.74) is 0.684. The van der Waals surface area contributed by atoms with Gasteiger partial charge in [-0.05, 0) is 13.1 Å². The summed E-state index contributed by atoms with van der Waals surface area (Å²) in [6, 6.07) is 1.69. The van der Waals surface area contributed by atoms with Crippen LogP contribution in [0.2, 0.25) is 0 Å². The third kappa shape index (κ3) is 5.02. The zero-order valence-electron chi connectivity index (χ0n) is 12.0. The highest BCUT2D eigenvalue weighted by Crippen LogP contribution is 2.13. The van der Waals surface area contributed by atoms with Crippen molar-refractivity contribution < 1.29 is 23.5 Å². The van der Waals surface area contributed by atoms with Gasteiger partial charge in [-0.25, -0.2) is 4.79 Å². The molecule has 0 radical (unpaired) electrons. The minimum Gasteiger partial charge on any atom is -0.463 e. The van der Waals surface area contributed by atoms with E-state index in [0.717, 1.165) is 0 Å². The Bertz CT molecular complexity index is 444. The highest BCUT2D eigenvalue weighted by atomic mass is 16.5. The summed E-state index contributed by atoms with van der Waals surface area (Å²) in [5.74, 6) is -0.463. The SMILES string of the molecule is COCCNC(=O)CN(C)Cc1ccoc1C(=O)OC. The third-order valence-corrected chi connectivity index (χ3v) is 2.60. The summed E-state index contributed by atoms with van der Waals surface area (Å²) in [5, 5.41) is 2.72. The van der Waals surface area contributed by atoms with Gasteiger partial charge in [-0.3, -0.25) is 9.69 Å². The number of ether oxygens (including phenoxy) is 2. The molecule has 0 fully saturated rings. The molecule has 0 spiro atoms. The standard InChI is InChI=1S/C13H20N2O5/c1-15(9-11(16)14-5-7-18-2)8-10-4-6-20-12(10)13(17)19-3/h4,6H,5,7-9H2,1-3H3,(H,14,16). The van der Waals surface area contributed by atoms with Crippen molar-refractivity contribution in [2.24, 2.45) is 0 Å². The minimum absolute atomic E-state index is 0.104. The number of furan rings is 1. The number of hydrogen-bond acceptors (Lipinski definition) is 6. The van der Waals surface area contributed by atoms with Gasteiger partial charge in [0.15, 0.2) is 0 Å². The van der Waals surface area contributed by atoms with E-state index in [2.05, 4.69) is 10.1 Å². The van der Waals surface area contributed by atoms with Crippen LogP contribution >= 0.6 is 0 Å². The molecule has 0 aliphatic carbocycles. The van der Waals surface area contributed by atoms with Gasteiger partial charge in [-0.1, -0.05) is 0 Å². The van der Waals surface area contributed by atoms with Crippen LogP contribution in [0.4, 0.5) is 0 Å². The normalized spacial score (nSPS) is 10.6. The van der Waals surface area contributed by atoms with Gasteiger partial charge in [-0.15, -0.1) is 0 Å². The molecule has 0 unspecified atom stereocenters. The van der Waals surface area contributed by atoms with Gasteiger partial charge in [-0.2, -0.15) is 0 Å². The Kier molecular flexibility index (Phi) is 6.75. The number of hydrogen-bond donors (Lipinski definition) is 1. The zero-order valence-corrected chi connectivity index (χ0v) is 12.0. The van der Waals surface area contributed by atoms with Crippen molar-refractivity contribution in [2.45, 2.75) is 6.54 Å². The minimum atomic E-state index is -0.525. The van der Waals surface area contributed by atoms with Crippen LogP contribution in [0, 0.1) is 0 Å². The van der Waals surface area contributed by atoms with E-state index in [-0.39, 0.29) is 18.2 Å². The number of nitrogens with zero attached hydrogens (tertiary/aromatic N) is 1. The lowest BCUT2D eigenvalue weighted by atomic mass is 10.2. The van der Waals surface area contributed by atoms with Crippen molar-refractivity contribution in [3.05, 3.63) is 23.7 Å². The first-order valence-corrected chi connectivity index (χ1v) is 6.17. The number of rotatable bonds is 8. The van der Waals surface area contributed by atoms with Crippen molar-refractivity contribution in [1.29, 1.82) is 0 Å². The number of esters is 1. The van der Waals surface area contributed by atoms with Crippen LogP contribution in [0.5, 0.6) is 0 Å². The number of methoxy groups -OCH3 is 2. The quantitative estimate of drug-likeness (QED) is 0.545. The maximum absolute atomic E-state index is 11.6. The Hall–Kier alpha value is -1.86. The Morgan fingerprint density at radius 3 is 2.80 bits per heavy atom. The van der Waals surface area contributed by atoms with E-state index in [1.807, 2.05) is 0 Å². The Morgan fingerprint density at radius 2 is 2.15 bits per heavy atom. The highest BCUT2D eigenvalue weighted by molar-refractivity contribution is 5.87. The molecular weight excluding hydrogens is 264 g/mol. The van der Waals surface area contributed by atoms with Gasteiger partial charge in [0.2, 0.25) is 11.7 Å². The molecule has 0 saturated heterocycles. The topological polar surface area (TPSA) is 81.0 Å². The van der Waals surface area contributed by atoms with E-state index >= 15 is 0 Å². The first-order valence-electron chi connectivity index (χ1n) is 6.17. The van der Waals surface area contributed by atoms with E-state index in [1.54, 1.807) is 25.1 Å². The van der Waals surface area contributed by atoms with Gasteiger partial charge in [0.25, 0.3) is 0 Å². The summed E-state index contributed by atoms with van der Waals surface area (Å²) in [6.07, 6.45) is 1.42. The average Bonchev–Trinajstić information content (AvgIpc) is 2.86. The summed E-state index contributed by atoms with van der Waals surface area (Å²) in [6.45, 7) is 1.58. The molecule has 0 aliphatic rings. The van der Waals surface area contributed by atoms with Crippen molar-refractivity contribution in [2.75, 3.05) is 41.0 Å². The molecule has 20 heavy (non-hydrogen) atoms. The maximum atomic E-state index is 11.6. The molecule has 1 N–H and O–H groups in total. The van der Waals surface area contributed by atoms with E-state index in [0.29, 0.717) is 25.3 Å². The lowest BCUT2D eigenvalue weighted by Gasteiger charge is -2.15. The largest absolute Gasteiger partial charge is 0.463 e. The van der Waals surface area contributed by atoms with Gasteiger partial charge < -0.3 is 19.2 Å². The predicted molar refractivity (Wildman–Crippen MR) is 71.3 cm³/mol. The van der Waals surface area contributed by atoms with Crippen LogP contribution < -0.4 is 5.32 Å². The molecule has 1 heterocycles. The Balaban J connectivity index is 2.46. The van der Waals surface area contributed by atoms with Crippen LogP contribution in [0.25, 0.3) is 0 Å². The molecule has 0 saturated carbocycles. The van der Waals surface area contributed by atoms with E-state index in [9.17, 15) is 9.59 Å². The molecule has 0 atom stereocenters. The molecule has 1 aromatic heterocycles. The molecule has 1 amide bonds. The second-order valence-electron chi connectivity index (χ2n) is 4.28. The summed E-state index contributed by atoms with van der Waals surface area (Å²) < 4.78 is 14.5. The zero-order chi connectivity index (χ0) is 15.0. The van der Waals surface area contributed by atoms with Gasteiger partial charge >= 0.3 is 5.97 Å². The Labute approximate surface area is 117 Å². The first kappa shape index (κ1) is 16.2.